The molecule has 5 nitrogen and oxygen atoms in total. The van der Waals surface area contributed by atoms with Crippen LogP contribution in [-0.2, 0) is 20.8 Å². The van der Waals surface area contributed by atoms with Crippen molar-refractivity contribution in [2.75, 3.05) is 0 Å². The van der Waals surface area contributed by atoms with E-state index in [2.05, 4.69) is 0 Å². The Labute approximate surface area is 68.7 Å². The van der Waals surface area contributed by atoms with Crippen LogP contribution >= 0.6 is 0 Å². The molecule has 0 rings (SSSR count). The van der Waals surface area contributed by atoms with Gasteiger partial charge in [-0.25, -0.2) is 16.8 Å². The second-order valence-corrected chi connectivity index (χ2v) is 3.14. The molecule has 10 heavy (non-hydrogen) atoms. The molecule has 0 saturated carbocycles. The smallest absolute Gasteiger partial charge is 0.379 e. The van der Waals surface area contributed by atoms with Crippen molar-refractivity contribution >= 4 is 20.8 Å². The number of rotatable bonds is 2. The molecular formula is F2LiNO4S2. The van der Waals surface area contributed by atoms with Crippen LogP contribution in [0, 0.1) is 0 Å². The van der Waals surface area contributed by atoms with Gasteiger partial charge in [-0.2, -0.15) is 0 Å². The van der Waals surface area contributed by atoms with Gasteiger partial charge >= 0.3 is 18.9 Å². The van der Waals surface area contributed by atoms with Crippen molar-refractivity contribution in [3.63, 3.8) is 0 Å². The minimum atomic E-state index is -5.62. The van der Waals surface area contributed by atoms with Gasteiger partial charge in [-0.15, -0.1) is 7.77 Å². The fourth-order valence-corrected chi connectivity index (χ4v) is 0.957. The molecular weight excluding hydrogens is 187 g/mol. The normalized spacial score (nSPS) is 12.2. The van der Waals surface area contributed by atoms with Gasteiger partial charge < -0.3 is 4.13 Å². The summed E-state index contributed by atoms with van der Waals surface area (Å²) in [7, 11) is -11.2. The van der Waals surface area contributed by atoms with E-state index in [1.54, 1.807) is 0 Å². The molecule has 0 N–H and O–H groups in total. The summed E-state index contributed by atoms with van der Waals surface area (Å²) in [4.78, 5) is 0. The Morgan fingerprint density at radius 3 is 1.10 bits per heavy atom. The molecule has 0 heterocycles. The van der Waals surface area contributed by atoms with Crippen molar-refractivity contribution in [1.29, 1.82) is 0 Å². The van der Waals surface area contributed by atoms with Gasteiger partial charge in [-0.1, -0.05) is 0 Å². The first-order chi connectivity index (χ1) is 3.71. The average Bonchev–Trinajstić information content (AvgIpc) is 1.14. The van der Waals surface area contributed by atoms with Crippen molar-refractivity contribution in [3.8, 4) is 0 Å². The van der Waals surface area contributed by atoms with E-state index in [1.807, 2.05) is 0 Å². The van der Waals surface area contributed by atoms with Gasteiger partial charge in [0.05, 0.1) is 0 Å². The molecule has 0 aromatic carbocycles. The Bertz CT molecular complexity index is 246. The van der Waals surface area contributed by atoms with E-state index in [4.69, 9.17) is 0 Å². The van der Waals surface area contributed by atoms with Gasteiger partial charge in [-0.05, 0) is 0 Å². The average molecular weight is 187 g/mol. The molecule has 0 aliphatic heterocycles. The maximum atomic E-state index is 11.1. The predicted molar refractivity (Wildman–Crippen MR) is 23.4 cm³/mol. The topological polar surface area (TPSA) is 82.4 Å². The van der Waals surface area contributed by atoms with Crippen LogP contribution in [0.4, 0.5) is 7.77 Å². The summed E-state index contributed by atoms with van der Waals surface area (Å²) >= 11 is 0. The van der Waals surface area contributed by atoms with E-state index in [1.165, 1.54) is 0 Å². The molecule has 10 heteroatoms. The van der Waals surface area contributed by atoms with Crippen molar-refractivity contribution in [1.82, 2.24) is 0 Å². The third kappa shape index (κ3) is 11.2. The molecule has 0 aromatic heterocycles. The minimum absolute atomic E-state index is 0. The van der Waals surface area contributed by atoms with Crippen LogP contribution < -0.4 is 18.9 Å². The molecule has 0 aromatic rings. The third-order valence-electron chi connectivity index (χ3n) is 0.178. The van der Waals surface area contributed by atoms with E-state index >= 15 is 0 Å². The van der Waals surface area contributed by atoms with Crippen LogP contribution in [0.15, 0.2) is 0 Å². The molecule has 0 amide bonds. The summed E-state index contributed by atoms with van der Waals surface area (Å²) in [5.74, 6) is 0. The van der Waals surface area contributed by atoms with Crippen LogP contribution in [0.2, 0.25) is 0 Å². The first-order valence-electron chi connectivity index (χ1n) is 1.34. The fourth-order valence-electron chi connectivity index (χ4n) is 0.106. The monoisotopic (exact) mass is 187 g/mol. The summed E-state index contributed by atoms with van der Waals surface area (Å²) in [5.41, 5.74) is 0. The van der Waals surface area contributed by atoms with Crippen LogP contribution in [0.3, 0.4) is 0 Å². The molecule has 0 aliphatic carbocycles. The summed E-state index contributed by atoms with van der Waals surface area (Å²) in [6, 6.07) is 0. The molecule has 0 unspecified atom stereocenters. The van der Waals surface area contributed by atoms with E-state index in [-0.39, 0.29) is 18.9 Å². The summed E-state index contributed by atoms with van der Waals surface area (Å²) in [6.07, 6.45) is 0. The van der Waals surface area contributed by atoms with E-state index in [0.29, 0.717) is 0 Å². The largest absolute Gasteiger partial charge is 1.00 e. The van der Waals surface area contributed by atoms with Gasteiger partial charge in [0.2, 0.25) is 20.8 Å². The van der Waals surface area contributed by atoms with Gasteiger partial charge in [-0.3, -0.25) is 0 Å². The van der Waals surface area contributed by atoms with E-state index in [0.717, 1.165) is 4.13 Å². The number of hydrogen-bond donors (Lipinski definition) is 0. The molecule has 0 aliphatic rings. The SMILES string of the molecule is O=S(=O)(F)[N-]S(=O)(=O)F.[Li+]. The Morgan fingerprint density at radius 1 is 0.900 bits per heavy atom. The molecule has 0 fully saturated rings. The summed E-state index contributed by atoms with van der Waals surface area (Å²) in [5, 5.41) is 0. The van der Waals surface area contributed by atoms with Crippen LogP contribution in [0.25, 0.3) is 4.13 Å². The maximum absolute atomic E-state index is 11.1. The van der Waals surface area contributed by atoms with Crippen LogP contribution in [0.1, 0.15) is 0 Å². The zero-order chi connectivity index (χ0) is 7.71. The van der Waals surface area contributed by atoms with Crippen molar-refractivity contribution in [2.45, 2.75) is 0 Å². The van der Waals surface area contributed by atoms with Crippen molar-refractivity contribution in [2.24, 2.45) is 0 Å². The molecule has 0 atom stereocenters. The molecule has 0 saturated heterocycles. The second-order valence-electron chi connectivity index (χ2n) is 0.899. The fraction of sp³-hybridized carbons (Fsp3) is 0. The maximum Gasteiger partial charge on any atom is 1.00 e. The third-order valence-corrected chi connectivity index (χ3v) is 1.60. The number of hydrogen-bond acceptors (Lipinski definition) is 4. The summed E-state index contributed by atoms with van der Waals surface area (Å²) in [6.45, 7) is 0. The number of nitrogens with zero attached hydrogens (tertiary/aromatic N) is 1. The summed E-state index contributed by atoms with van der Waals surface area (Å²) < 4.78 is 60.1. The minimum Gasteiger partial charge on any atom is -0.379 e. The van der Waals surface area contributed by atoms with Gasteiger partial charge in [0.25, 0.3) is 0 Å². The molecule has 0 radical (unpaired) electrons. The van der Waals surface area contributed by atoms with E-state index in [9.17, 15) is 24.6 Å². The Kier molecular flexibility index (Phi) is 4.71. The first kappa shape index (κ1) is 12.9. The van der Waals surface area contributed by atoms with Gasteiger partial charge in [0, 0.05) is 0 Å². The Morgan fingerprint density at radius 2 is 1.10 bits per heavy atom. The van der Waals surface area contributed by atoms with Gasteiger partial charge in [0.1, 0.15) is 0 Å². The second kappa shape index (κ2) is 3.63. The Balaban J connectivity index is 0. The quantitative estimate of drug-likeness (QED) is 0.336. The van der Waals surface area contributed by atoms with Crippen molar-refractivity contribution in [3.05, 3.63) is 4.13 Å². The molecule has 0 bridgehead atoms. The zero-order valence-corrected chi connectivity index (χ0v) is 6.29. The Hall–Kier alpha value is 0.317. The van der Waals surface area contributed by atoms with Crippen LogP contribution in [-0.4, -0.2) is 16.8 Å². The number of halogens is 2. The molecule has 56 valence electrons. The first-order valence-corrected chi connectivity index (χ1v) is 4.02. The van der Waals surface area contributed by atoms with Crippen molar-refractivity contribution < 1.29 is 43.5 Å². The van der Waals surface area contributed by atoms with Gasteiger partial charge in [0.15, 0.2) is 0 Å². The van der Waals surface area contributed by atoms with Crippen LogP contribution in [0.5, 0.6) is 0 Å². The molecule has 0 spiro atoms. The predicted octanol–water partition coefficient (Wildman–Crippen LogP) is -3.21. The van der Waals surface area contributed by atoms with E-state index < -0.39 is 20.8 Å². The zero-order valence-electron chi connectivity index (χ0n) is 4.65. The standard InChI is InChI=1S/F2NO4S2.Li/c1-8(4,5)3-9(2,6)7;/q-1;+1.